The van der Waals surface area contributed by atoms with Crippen LogP contribution in [0.15, 0.2) is 72.9 Å². The molecular weight excluding hydrogens is 492 g/mol. The standard InChI is InChI=1S/C30H32N6O3/c1-36-13-12-20-16-27(39-2)25(14-22(20)18-36)34-30-32-17-23(28(31)38)29(35-30)33-24-11-7-6-10-21(24)15-26(37)19-8-4-3-5-9-19/h3-11,14,16-17,26,37H,12-13,15,18H2,1-2H3,(H2,31,38)(H2,32,33,34,35). The summed E-state index contributed by atoms with van der Waals surface area (Å²) in [5.74, 6) is 0.584. The lowest BCUT2D eigenvalue weighted by atomic mass is 9.99. The average molecular weight is 525 g/mol. The van der Waals surface area contributed by atoms with Gasteiger partial charge in [-0.05, 0) is 53.9 Å². The number of nitrogens with two attached hydrogens (primary N) is 1. The molecule has 0 saturated heterocycles. The summed E-state index contributed by atoms with van der Waals surface area (Å²) >= 11 is 0. The number of aromatic nitrogens is 2. The van der Waals surface area contributed by atoms with Crippen molar-refractivity contribution in [3.05, 3.63) is 101 Å². The van der Waals surface area contributed by atoms with E-state index >= 15 is 0 Å². The number of methoxy groups -OCH3 is 1. The maximum absolute atomic E-state index is 12.2. The lowest BCUT2D eigenvalue weighted by Crippen LogP contribution is -2.26. The van der Waals surface area contributed by atoms with Gasteiger partial charge in [-0.2, -0.15) is 4.98 Å². The molecule has 1 aromatic heterocycles. The van der Waals surface area contributed by atoms with E-state index in [9.17, 15) is 9.90 Å². The van der Waals surface area contributed by atoms with Crippen molar-refractivity contribution in [1.82, 2.24) is 14.9 Å². The molecule has 2 heterocycles. The zero-order valence-corrected chi connectivity index (χ0v) is 22.0. The minimum atomic E-state index is -0.692. The fourth-order valence-corrected chi connectivity index (χ4v) is 4.78. The monoisotopic (exact) mass is 524 g/mol. The number of primary amides is 1. The smallest absolute Gasteiger partial charge is 0.254 e. The summed E-state index contributed by atoms with van der Waals surface area (Å²) in [7, 11) is 3.73. The van der Waals surface area contributed by atoms with Crippen LogP contribution in [0, 0.1) is 0 Å². The minimum absolute atomic E-state index is 0.151. The van der Waals surface area contributed by atoms with Gasteiger partial charge in [-0.25, -0.2) is 4.98 Å². The van der Waals surface area contributed by atoms with Gasteiger partial charge in [0, 0.05) is 31.4 Å². The van der Waals surface area contributed by atoms with E-state index in [1.54, 1.807) is 7.11 Å². The highest BCUT2D eigenvalue weighted by atomic mass is 16.5. The molecule has 0 spiro atoms. The summed E-state index contributed by atoms with van der Waals surface area (Å²) in [6.45, 7) is 1.84. The van der Waals surface area contributed by atoms with Gasteiger partial charge in [-0.1, -0.05) is 48.5 Å². The molecule has 0 saturated carbocycles. The normalized spacial score (nSPS) is 13.8. The summed E-state index contributed by atoms with van der Waals surface area (Å²) < 4.78 is 5.64. The van der Waals surface area contributed by atoms with Gasteiger partial charge >= 0.3 is 0 Å². The van der Waals surface area contributed by atoms with Crippen molar-refractivity contribution in [3.8, 4) is 5.75 Å². The molecule has 3 aromatic carbocycles. The van der Waals surface area contributed by atoms with Crippen LogP contribution < -0.4 is 21.1 Å². The van der Waals surface area contributed by atoms with Crippen LogP contribution in [0.5, 0.6) is 5.75 Å². The lowest BCUT2D eigenvalue weighted by molar-refractivity contribution is 0.100. The Labute approximate surface area is 227 Å². The van der Waals surface area contributed by atoms with Crippen LogP contribution in [-0.2, 0) is 19.4 Å². The number of likely N-dealkylation sites (N-methyl/N-ethyl adjacent to an activating group) is 1. The van der Waals surface area contributed by atoms with E-state index in [4.69, 9.17) is 10.5 Å². The molecule has 5 rings (SSSR count). The Morgan fingerprint density at radius 1 is 1.08 bits per heavy atom. The molecule has 9 nitrogen and oxygen atoms in total. The molecule has 0 radical (unpaired) electrons. The van der Waals surface area contributed by atoms with Gasteiger partial charge in [0.05, 0.1) is 18.9 Å². The highest BCUT2D eigenvalue weighted by molar-refractivity contribution is 5.98. The van der Waals surface area contributed by atoms with Crippen LogP contribution in [0.1, 0.15) is 38.7 Å². The molecule has 1 unspecified atom stereocenters. The quantitative estimate of drug-likeness (QED) is 0.255. The molecule has 1 aliphatic heterocycles. The fraction of sp³-hybridized carbons (Fsp3) is 0.233. The number of carbonyl (C=O) groups is 1. The number of nitrogens with zero attached hydrogens (tertiary/aromatic N) is 3. The number of carbonyl (C=O) groups excluding carboxylic acids is 1. The Morgan fingerprint density at radius 3 is 2.62 bits per heavy atom. The summed E-state index contributed by atoms with van der Waals surface area (Å²) in [5, 5.41) is 17.3. The van der Waals surface area contributed by atoms with E-state index in [-0.39, 0.29) is 17.3 Å². The largest absolute Gasteiger partial charge is 0.495 e. The van der Waals surface area contributed by atoms with E-state index in [0.29, 0.717) is 17.9 Å². The van der Waals surface area contributed by atoms with Gasteiger partial charge in [-0.15, -0.1) is 0 Å². The number of aliphatic hydroxyl groups excluding tert-OH is 1. The second-order valence-electron chi connectivity index (χ2n) is 9.67. The number of hydrogen-bond acceptors (Lipinski definition) is 8. The van der Waals surface area contributed by atoms with Crippen molar-refractivity contribution in [2.45, 2.75) is 25.5 Å². The molecule has 1 atom stereocenters. The topological polar surface area (TPSA) is 126 Å². The second-order valence-corrected chi connectivity index (χ2v) is 9.67. The summed E-state index contributed by atoms with van der Waals surface area (Å²) in [4.78, 5) is 23.5. The summed E-state index contributed by atoms with van der Waals surface area (Å²) in [6, 6.07) is 21.2. The van der Waals surface area contributed by atoms with Crippen molar-refractivity contribution in [2.75, 3.05) is 31.3 Å². The Hall–Kier alpha value is -4.47. The molecule has 1 aliphatic rings. The summed E-state index contributed by atoms with van der Waals surface area (Å²) in [6.07, 6.45) is 2.04. The second kappa shape index (κ2) is 11.5. The summed E-state index contributed by atoms with van der Waals surface area (Å²) in [5.41, 5.74) is 11.4. The Balaban J connectivity index is 1.44. The van der Waals surface area contributed by atoms with Crippen LogP contribution in [0.4, 0.5) is 23.1 Å². The Morgan fingerprint density at radius 2 is 1.85 bits per heavy atom. The number of para-hydroxylation sites is 1. The van der Waals surface area contributed by atoms with E-state index in [0.717, 1.165) is 36.3 Å². The molecule has 0 aliphatic carbocycles. The lowest BCUT2D eigenvalue weighted by Gasteiger charge is -2.26. The van der Waals surface area contributed by atoms with Gasteiger partial charge in [0.15, 0.2) is 0 Å². The van der Waals surface area contributed by atoms with Crippen molar-refractivity contribution in [2.24, 2.45) is 5.73 Å². The first-order valence-corrected chi connectivity index (χ1v) is 12.8. The Bertz CT molecular complexity index is 1480. The predicted molar refractivity (Wildman–Crippen MR) is 152 cm³/mol. The van der Waals surface area contributed by atoms with Crippen LogP contribution in [-0.4, -0.2) is 46.6 Å². The van der Waals surface area contributed by atoms with E-state index in [1.165, 1.54) is 17.3 Å². The zero-order valence-electron chi connectivity index (χ0n) is 22.0. The highest BCUT2D eigenvalue weighted by Crippen LogP contribution is 2.34. The van der Waals surface area contributed by atoms with Gasteiger partial charge in [0.2, 0.25) is 5.95 Å². The molecule has 4 aromatic rings. The molecular formula is C30H32N6O3. The first kappa shape index (κ1) is 26.1. The van der Waals surface area contributed by atoms with E-state index < -0.39 is 12.0 Å². The number of ether oxygens (including phenoxy) is 1. The van der Waals surface area contributed by atoms with Crippen LogP contribution in [0.2, 0.25) is 0 Å². The van der Waals surface area contributed by atoms with Crippen LogP contribution in [0.3, 0.4) is 0 Å². The molecule has 39 heavy (non-hydrogen) atoms. The molecule has 5 N–H and O–H groups in total. The first-order chi connectivity index (χ1) is 18.9. The maximum atomic E-state index is 12.2. The maximum Gasteiger partial charge on any atom is 0.254 e. The fourth-order valence-electron chi connectivity index (χ4n) is 4.78. The molecule has 200 valence electrons. The number of aliphatic hydroxyl groups is 1. The van der Waals surface area contributed by atoms with E-state index in [1.807, 2.05) is 54.6 Å². The zero-order chi connectivity index (χ0) is 27.4. The number of benzene rings is 3. The van der Waals surface area contributed by atoms with Gasteiger partial charge in [0.25, 0.3) is 5.91 Å². The molecule has 9 heteroatoms. The van der Waals surface area contributed by atoms with Crippen LogP contribution >= 0.6 is 0 Å². The van der Waals surface area contributed by atoms with Crippen molar-refractivity contribution >= 4 is 29.0 Å². The number of fused-ring (bicyclic) bond motifs is 1. The van der Waals surface area contributed by atoms with Crippen molar-refractivity contribution < 1.29 is 14.6 Å². The van der Waals surface area contributed by atoms with Gasteiger partial charge in [-0.3, -0.25) is 4.79 Å². The predicted octanol–water partition coefficient (Wildman–Crippen LogP) is 4.34. The van der Waals surface area contributed by atoms with Gasteiger partial charge < -0.3 is 31.1 Å². The molecule has 1 amide bonds. The number of hydrogen-bond donors (Lipinski definition) is 4. The van der Waals surface area contributed by atoms with Crippen LogP contribution in [0.25, 0.3) is 0 Å². The molecule has 0 fully saturated rings. The number of nitrogens with one attached hydrogen (secondary N) is 2. The van der Waals surface area contributed by atoms with E-state index in [2.05, 4.69) is 44.7 Å². The molecule has 0 bridgehead atoms. The number of amides is 1. The average Bonchev–Trinajstić information content (AvgIpc) is 2.94. The van der Waals surface area contributed by atoms with Crippen molar-refractivity contribution in [1.29, 1.82) is 0 Å². The number of anilines is 4. The number of rotatable bonds is 9. The highest BCUT2D eigenvalue weighted by Gasteiger charge is 2.19. The third-order valence-electron chi connectivity index (χ3n) is 6.89. The third-order valence-corrected chi connectivity index (χ3v) is 6.89. The third kappa shape index (κ3) is 6.00. The Kier molecular flexibility index (Phi) is 7.72. The van der Waals surface area contributed by atoms with Crippen molar-refractivity contribution in [3.63, 3.8) is 0 Å². The van der Waals surface area contributed by atoms with Gasteiger partial charge in [0.1, 0.15) is 17.1 Å². The first-order valence-electron chi connectivity index (χ1n) is 12.8. The SMILES string of the molecule is COc1cc2c(cc1Nc1ncc(C(N)=O)c(Nc3ccccc3CC(O)c3ccccc3)n1)CN(C)CC2. The minimum Gasteiger partial charge on any atom is -0.495 e.